The molecule has 0 radical (unpaired) electrons. The Morgan fingerprint density at radius 3 is 2.77 bits per heavy atom. The van der Waals surface area contributed by atoms with Gasteiger partial charge in [0.05, 0.1) is 16.0 Å². The number of nitrogens with one attached hydrogen (secondary N) is 1. The van der Waals surface area contributed by atoms with E-state index in [1.54, 1.807) is 13.3 Å². The Bertz CT molecular complexity index is 677. The molecule has 2 rings (SSSR count). The van der Waals surface area contributed by atoms with Gasteiger partial charge >= 0.3 is 0 Å². The molecule has 1 aromatic carbocycles. The molecule has 5 nitrogen and oxygen atoms in total. The van der Waals surface area contributed by atoms with Crippen LogP contribution in [0.2, 0.25) is 5.02 Å². The van der Waals surface area contributed by atoms with Crippen molar-refractivity contribution in [2.45, 2.75) is 37.2 Å². The second kappa shape index (κ2) is 7.11. The van der Waals surface area contributed by atoms with Crippen LogP contribution in [-0.2, 0) is 4.79 Å². The minimum Gasteiger partial charge on any atom is -0.324 e. The number of rotatable bonds is 5. The number of carbonyl (C=O) groups excluding carboxylic acids is 1. The second-order valence-electron chi connectivity index (χ2n) is 4.99. The molecule has 0 saturated heterocycles. The summed E-state index contributed by atoms with van der Waals surface area (Å²) in [7, 11) is 0. The van der Waals surface area contributed by atoms with Crippen molar-refractivity contribution in [1.29, 1.82) is 0 Å². The predicted molar refractivity (Wildman–Crippen MR) is 85.8 cm³/mol. The molecular weight excluding hydrogens is 327 g/mol. The zero-order chi connectivity index (χ0) is 16.3. The number of thioether (sulfide) groups is 1. The number of benzene rings is 1. The van der Waals surface area contributed by atoms with Crippen molar-refractivity contribution < 1.29 is 9.18 Å². The Kier molecular flexibility index (Phi) is 5.42. The number of amides is 1. The van der Waals surface area contributed by atoms with Crippen LogP contribution in [-0.4, -0.2) is 25.9 Å². The Morgan fingerprint density at radius 1 is 1.41 bits per heavy atom. The van der Waals surface area contributed by atoms with Gasteiger partial charge in [0.1, 0.15) is 12.1 Å². The quantitative estimate of drug-likeness (QED) is 0.840. The van der Waals surface area contributed by atoms with Gasteiger partial charge in [-0.25, -0.2) is 4.39 Å². The number of anilines is 1. The standard InChI is InChI=1S/C14H16ClFN4OS/c1-8(2)20-7-17-19-14(20)22-9(3)13(21)18-12-5-4-10(16)6-11(12)15/h4-9H,1-3H3,(H,18,21)/t9-/m1/s1. The normalized spacial score (nSPS) is 12.5. The summed E-state index contributed by atoms with van der Waals surface area (Å²) in [6.45, 7) is 5.78. The van der Waals surface area contributed by atoms with Crippen molar-refractivity contribution >= 4 is 35.0 Å². The van der Waals surface area contributed by atoms with Gasteiger partial charge in [-0.1, -0.05) is 23.4 Å². The Balaban J connectivity index is 2.04. The molecule has 1 atom stereocenters. The summed E-state index contributed by atoms with van der Waals surface area (Å²) in [6, 6.07) is 4.04. The maximum Gasteiger partial charge on any atom is 0.237 e. The molecule has 1 N–H and O–H groups in total. The molecule has 2 aromatic rings. The van der Waals surface area contributed by atoms with Gasteiger partial charge in [-0.15, -0.1) is 10.2 Å². The summed E-state index contributed by atoms with van der Waals surface area (Å²) in [5, 5.41) is 11.0. The monoisotopic (exact) mass is 342 g/mol. The summed E-state index contributed by atoms with van der Waals surface area (Å²) in [5.74, 6) is -0.688. The first-order chi connectivity index (χ1) is 10.4. The smallest absolute Gasteiger partial charge is 0.237 e. The average molecular weight is 343 g/mol. The van der Waals surface area contributed by atoms with E-state index < -0.39 is 11.1 Å². The van der Waals surface area contributed by atoms with Crippen molar-refractivity contribution in [2.24, 2.45) is 0 Å². The SMILES string of the molecule is CC(C)n1cnnc1S[C@H](C)C(=O)Nc1ccc(F)cc1Cl. The summed E-state index contributed by atoms with van der Waals surface area (Å²) < 4.78 is 14.9. The second-order valence-corrected chi connectivity index (χ2v) is 6.70. The van der Waals surface area contributed by atoms with Crippen LogP contribution in [0, 0.1) is 5.82 Å². The van der Waals surface area contributed by atoms with Crippen LogP contribution < -0.4 is 5.32 Å². The van der Waals surface area contributed by atoms with E-state index in [0.29, 0.717) is 10.8 Å². The van der Waals surface area contributed by atoms with Gasteiger partial charge in [0.2, 0.25) is 5.91 Å². The first-order valence-corrected chi connectivity index (χ1v) is 7.96. The molecule has 0 aliphatic heterocycles. The highest BCUT2D eigenvalue weighted by Crippen LogP contribution is 2.26. The lowest BCUT2D eigenvalue weighted by atomic mass is 10.3. The van der Waals surface area contributed by atoms with Crippen molar-refractivity contribution in [2.75, 3.05) is 5.32 Å². The molecule has 22 heavy (non-hydrogen) atoms. The zero-order valence-electron chi connectivity index (χ0n) is 12.4. The Morgan fingerprint density at radius 2 is 2.14 bits per heavy atom. The fourth-order valence-electron chi connectivity index (χ4n) is 1.71. The third-order valence-corrected chi connectivity index (χ3v) is 4.32. The summed E-state index contributed by atoms with van der Waals surface area (Å²) in [5.41, 5.74) is 0.380. The van der Waals surface area contributed by atoms with E-state index in [0.717, 1.165) is 6.07 Å². The minimum atomic E-state index is -0.449. The van der Waals surface area contributed by atoms with E-state index in [1.165, 1.54) is 23.9 Å². The molecule has 1 heterocycles. The highest BCUT2D eigenvalue weighted by Gasteiger charge is 2.19. The number of hydrogen-bond donors (Lipinski definition) is 1. The Hall–Kier alpha value is -1.60. The van der Waals surface area contributed by atoms with Crippen molar-refractivity contribution in [1.82, 2.24) is 14.8 Å². The molecule has 1 amide bonds. The molecule has 0 unspecified atom stereocenters. The average Bonchev–Trinajstić information content (AvgIpc) is 2.90. The lowest BCUT2D eigenvalue weighted by Gasteiger charge is -2.14. The summed E-state index contributed by atoms with van der Waals surface area (Å²) in [4.78, 5) is 12.2. The van der Waals surface area contributed by atoms with Gasteiger partial charge in [-0.2, -0.15) is 0 Å². The van der Waals surface area contributed by atoms with Gasteiger partial charge < -0.3 is 9.88 Å². The van der Waals surface area contributed by atoms with Gasteiger partial charge in [0.25, 0.3) is 0 Å². The van der Waals surface area contributed by atoms with E-state index >= 15 is 0 Å². The zero-order valence-corrected chi connectivity index (χ0v) is 14.0. The molecule has 0 fully saturated rings. The summed E-state index contributed by atoms with van der Waals surface area (Å²) >= 11 is 7.20. The van der Waals surface area contributed by atoms with Crippen molar-refractivity contribution in [3.63, 3.8) is 0 Å². The maximum atomic E-state index is 13.0. The number of halogens is 2. The van der Waals surface area contributed by atoms with Crippen LogP contribution in [0.1, 0.15) is 26.8 Å². The fraction of sp³-hybridized carbons (Fsp3) is 0.357. The largest absolute Gasteiger partial charge is 0.324 e. The molecule has 0 saturated carbocycles. The molecule has 1 aromatic heterocycles. The lowest BCUT2D eigenvalue weighted by molar-refractivity contribution is -0.115. The predicted octanol–water partition coefficient (Wildman–Crippen LogP) is 3.77. The third kappa shape index (κ3) is 3.98. The third-order valence-electron chi connectivity index (χ3n) is 2.94. The molecule has 0 spiro atoms. The highest BCUT2D eigenvalue weighted by atomic mass is 35.5. The van der Waals surface area contributed by atoms with Crippen LogP contribution in [0.3, 0.4) is 0 Å². The molecular formula is C14H16ClFN4OS. The van der Waals surface area contributed by atoms with Gasteiger partial charge in [0.15, 0.2) is 5.16 Å². The van der Waals surface area contributed by atoms with Gasteiger partial charge in [-0.05, 0) is 39.0 Å². The first-order valence-electron chi connectivity index (χ1n) is 6.70. The number of nitrogens with zero attached hydrogens (tertiary/aromatic N) is 3. The van der Waals surface area contributed by atoms with E-state index in [1.807, 2.05) is 18.4 Å². The number of aromatic nitrogens is 3. The molecule has 118 valence electrons. The van der Waals surface area contributed by atoms with E-state index in [-0.39, 0.29) is 17.0 Å². The minimum absolute atomic E-state index is 0.163. The molecule has 0 aliphatic carbocycles. The van der Waals surface area contributed by atoms with E-state index in [9.17, 15) is 9.18 Å². The van der Waals surface area contributed by atoms with Crippen LogP contribution in [0.25, 0.3) is 0 Å². The molecule has 0 bridgehead atoms. The number of carbonyl (C=O) groups is 1. The van der Waals surface area contributed by atoms with Gasteiger partial charge in [-0.3, -0.25) is 4.79 Å². The molecule has 0 aliphatic rings. The summed E-state index contributed by atoms with van der Waals surface area (Å²) in [6.07, 6.45) is 1.63. The van der Waals surface area contributed by atoms with E-state index in [2.05, 4.69) is 15.5 Å². The van der Waals surface area contributed by atoms with Crippen LogP contribution in [0.4, 0.5) is 10.1 Å². The Labute approximate surface area is 137 Å². The number of hydrogen-bond acceptors (Lipinski definition) is 4. The van der Waals surface area contributed by atoms with E-state index in [4.69, 9.17) is 11.6 Å². The maximum absolute atomic E-state index is 13.0. The highest BCUT2D eigenvalue weighted by molar-refractivity contribution is 8.00. The lowest BCUT2D eigenvalue weighted by Crippen LogP contribution is -2.23. The van der Waals surface area contributed by atoms with Gasteiger partial charge in [0, 0.05) is 6.04 Å². The van der Waals surface area contributed by atoms with Crippen LogP contribution >= 0.6 is 23.4 Å². The first kappa shape index (κ1) is 16.8. The van der Waals surface area contributed by atoms with Crippen LogP contribution in [0.5, 0.6) is 0 Å². The topological polar surface area (TPSA) is 59.8 Å². The molecule has 8 heteroatoms. The van der Waals surface area contributed by atoms with Crippen molar-refractivity contribution in [3.8, 4) is 0 Å². The fourth-order valence-corrected chi connectivity index (χ4v) is 2.88. The van der Waals surface area contributed by atoms with Crippen molar-refractivity contribution in [3.05, 3.63) is 35.4 Å². The van der Waals surface area contributed by atoms with Crippen LogP contribution in [0.15, 0.2) is 29.7 Å².